The Kier molecular flexibility index (Phi) is 5.93. The fourth-order valence-electron chi connectivity index (χ4n) is 4.93. The van der Waals surface area contributed by atoms with Gasteiger partial charge in [-0.1, -0.05) is 0 Å². The zero-order valence-corrected chi connectivity index (χ0v) is 19.9. The molecule has 0 spiro atoms. The van der Waals surface area contributed by atoms with Crippen molar-refractivity contribution in [3.8, 4) is 0 Å². The number of hydrogen-bond acceptors (Lipinski definition) is 4. The molecule has 2 aliphatic heterocycles. The molecule has 3 aliphatic rings. The Hall–Kier alpha value is -2.78. The summed E-state index contributed by atoms with van der Waals surface area (Å²) in [5, 5.41) is 2.75. The average Bonchev–Trinajstić information content (AvgIpc) is 3.62. The summed E-state index contributed by atoms with van der Waals surface area (Å²) in [5.74, 6) is -0.925. The van der Waals surface area contributed by atoms with Crippen LogP contribution >= 0.6 is 0 Å². The zero-order chi connectivity index (χ0) is 24.0. The molecule has 1 saturated heterocycles. The number of sulfonamides is 1. The number of halogens is 1. The minimum Gasteiger partial charge on any atom is -0.326 e. The molecule has 2 fully saturated rings. The lowest BCUT2D eigenvalue weighted by Gasteiger charge is -2.31. The molecule has 0 radical (unpaired) electrons. The number of fused-ring (bicyclic) bond motifs is 1. The van der Waals surface area contributed by atoms with Crippen LogP contribution in [-0.2, 0) is 26.0 Å². The van der Waals surface area contributed by atoms with Gasteiger partial charge in [-0.25, -0.2) is 12.8 Å². The highest BCUT2D eigenvalue weighted by Crippen LogP contribution is 2.40. The molecule has 1 saturated carbocycles. The van der Waals surface area contributed by atoms with E-state index in [-0.39, 0.29) is 35.2 Å². The monoisotopic (exact) mass is 485 g/mol. The number of nitrogens with one attached hydrogen (secondary N) is 1. The summed E-state index contributed by atoms with van der Waals surface area (Å²) < 4.78 is 41.4. The van der Waals surface area contributed by atoms with E-state index in [1.165, 1.54) is 28.6 Å². The van der Waals surface area contributed by atoms with Crippen molar-refractivity contribution in [2.45, 2.75) is 50.0 Å². The fraction of sp³-hybridized carbons (Fsp3) is 0.440. The van der Waals surface area contributed by atoms with E-state index in [1.54, 1.807) is 18.2 Å². The molecule has 9 heteroatoms. The SMILES string of the molecule is C[C@H]1Cc2cc(S(=O)(=O)N3CCC[C@H](C(=O)Nc4ccc(F)cc4)C3)ccc2N1C(=O)C1CC1. The third kappa shape index (κ3) is 4.34. The molecule has 2 aromatic rings. The smallest absolute Gasteiger partial charge is 0.243 e. The fourth-order valence-corrected chi connectivity index (χ4v) is 6.51. The van der Waals surface area contributed by atoms with E-state index in [1.807, 2.05) is 11.8 Å². The summed E-state index contributed by atoms with van der Waals surface area (Å²) in [6.45, 7) is 2.43. The number of nitrogens with zero attached hydrogens (tertiary/aromatic N) is 2. The summed E-state index contributed by atoms with van der Waals surface area (Å²) in [4.78, 5) is 27.5. The van der Waals surface area contributed by atoms with E-state index in [2.05, 4.69) is 5.32 Å². The summed E-state index contributed by atoms with van der Waals surface area (Å²) >= 11 is 0. The quantitative estimate of drug-likeness (QED) is 0.702. The molecule has 2 heterocycles. The molecule has 7 nitrogen and oxygen atoms in total. The first-order chi connectivity index (χ1) is 16.2. The van der Waals surface area contributed by atoms with Gasteiger partial charge in [0, 0.05) is 36.4 Å². The first kappa shape index (κ1) is 23.0. The number of amides is 2. The lowest BCUT2D eigenvalue weighted by Crippen LogP contribution is -2.43. The number of carbonyl (C=O) groups excluding carboxylic acids is 2. The Morgan fingerprint density at radius 3 is 2.47 bits per heavy atom. The van der Waals surface area contributed by atoms with Crippen LogP contribution in [0, 0.1) is 17.7 Å². The van der Waals surface area contributed by atoms with Gasteiger partial charge in [0.2, 0.25) is 21.8 Å². The molecule has 2 amide bonds. The van der Waals surface area contributed by atoms with Crippen LogP contribution in [0.2, 0.25) is 0 Å². The van der Waals surface area contributed by atoms with E-state index in [4.69, 9.17) is 0 Å². The minimum absolute atomic E-state index is 0.00979. The Morgan fingerprint density at radius 2 is 1.76 bits per heavy atom. The first-order valence-electron chi connectivity index (χ1n) is 11.8. The summed E-state index contributed by atoms with van der Waals surface area (Å²) in [5.41, 5.74) is 2.15. The Balaban J connectivity index is 1.31. The van der Waals surface area contributed by atoms with Crippen molar-refractivity contribution in [3.63, 3.8) is 0 Å². The van der Waals surface area contributed by atoms with Crippen LogP contribution in [0.25, 0.3) is 0 Å². The van der Waals surface area contributed by atoms with Gasteiger partial charge in [-0.15, -0.1) is 0 Å². The van der Waals surface area contributed by atoms with Crippen LogP contribution in [0.1, 0.15) is 38.2 Å². The highest BCUT2D eigenvalue weighted by atomic mass is 32.2. The molecule has 1 N–H and O–H groups in total. The predicted molar refractivity (Wildman–Crippen MR) is 126 cm³/mol. The van der Waals surface area contributed by atoms with Crippen LogP contribution in [0.5, 0.6) is 0 Å². The molecule has 5 rings (SSSR count). The second kappa shape index (κ2) is 8.78. The van der Waals surface area contributed by atoms with E-state index >= 15 is 0 Å². The van der Waals surface area contributed by atoms with E-state index in [0.717, 1.165) is 24.1 Å². The standard InChI is InChI=1S/C25H28FN3O4S/c1-16-13-19-14-22(10-11-23(19)29(16)25(31)17-4-5-17)34(32,33)28-12-2-3-18(15-28)24(30)27-21-8-6-20(26)7-9-21/h6-11,14,16-18H,2-5,12-13,15H2,1H3,(H,27,30)/t16-,18-/m0/s1. The topological polar surface area (TPSA) is 86.8 Å². The van der Waals surface area contributed by atoms with Crippen LogP contribution in [0.4, 0.5) is 15.8 Å². The molecule has 2 atom stereocenters. The van der Waals surface area contributed by atoms with E-state index in [9.17, 15) is 22.4 Å². The van der Waals surface area contributed by atoms with Gasteiger partial charge in [0.15, 0.2) is 0 Å². The third-order valence-corrected chi connectivity index (χ3v) is 8.80. The Bertz CT molecular complexity index is 1230. The van der Waals surface area contributed by atoms with Crippen molar-refractivity contribution >= 4 is 33.2 Å². The van der Waals surface area contributed by atoms with Gasteiger partial charge in [0.1, 0.15) is 5.82 Å². The lowest BCUT2D eigenvalue weighted by atomic mass is 9.99. The normalized spacial score (nSPS) is 22.9. The van der Waals surface area contributed by atoms with Gasteiger partial charge in [-0.05, 0) is 87.1 Å². The predicted octanol–water partition coefficient (Wildman–Crippen LogP) is 3.55. The van der Waals surface area contributed by atoms with Crippen molar-refractivity contribution in [3.05, 3.63) is 53.8 Å². The van der Waals surface area contributed by atoms with Gasteiger partial charge in [-0.3, -0.25) is 9.59 Å². The maximum atomic E-state index is 13.4. The molecule has 0 aromatic heterocycles. The highest BCUT2D eigenvalue weighted by Gasteiger charge is 2.40. The number of piperidine rings is 1. The Morgan fingerprint density at radius 1 is 1.03 bits per heavy atom. The molecule has 0 unspecified atom stereocenters. The van der Waals surface area contributed by atoms with Crippen LogP contribution in [0.3, 0.4) is 0 Å². The van der Waals surface area contributed by atoms with Crippen LogP contribution in [0.15, 0.2) is 47.4 Å². The number of hydrogen-bond donors (Lipinski definition) is 1. The molecule has 1 aliphatic carbocycles. The molecule has 180 valence electrons. The highest BCUT2D eigenvalue weighted by molar-refractivity contribution is 7.89. The zero-order valence-electron chi connectivity index (χ0n) is 19.0. The number of rotatable bonds is 5. The van der Waals surface area contributed by atoms with Crippen molar-refractivity contribution in [1.29, 1.82) is 0 Å². The number of carbonyl (C=O) groups is 2. The average molecular weight is 486 g/mol. The third-order valence-electron chi connectivity index (χ3n) is 6.94. The van der Waals surface area contributed by atoms with Gasteiger partial charge < -0.3 is 10.2 Å². The van der Waals surface area contributed by atoms with Crippen LogP contribution < -0.4 is 10.2 Å². The van der Waals surface area contributed by atoms with Crippen LogP contribution in [-0.4, -0.2) is 43.7 Å². The first-order valence-corrected chi connectivity index (χ1v) is 13.2. The van der Waals surface area contributed by atoms with Gasteiger partial charge in [0.25, 0.3) is 0 Å². The maximum absolute atomic E-state index is 13.4. The van der Waals surface area contributed by atoms with E-state index in [0.29, 0.717) is 31.5 Å². The van der Waals surface area contributed by atoms with Gasteiger partial charge in [-0.2, -0.15) is 4.31 Å². The molecule has 34 heavy (non-hydrogen) atoms. The summed E-state index contributed by atoms with van der Waals surface area (Å²) in [6, 6.07) is 10.5. The Labute approximate surface area is 199 Å². The summed E-state index contributed by atoms with van der Waals surface area (Å²) in [7, 11) is -3.79. The molecular weight excluding hydrogens is 457 g/mol. The van der Waals surface area contributed by atoms with Gasteiger partial charge in [0.05, 0.1) is 10.8 Å². The van der Waals surface area contributed by atoms with Crippen molar-refractivity contribution in [2.75, 3.05) is 23.3 Å². The number of anilines is 2. The van der Waals surface area contributed by atoms with E-state index < -0.39 is 21.8 Å². The van der Waals surface area contributed by atoms with Crippen molar-refractivity contribution < 1.29 is 22.4 Å². The van der Waals surface area contributed by atoms with Gasteiger partial charge >= 0.3 is 0 Å². The largest absolute Gasteiger partial charge is 0.326 e. The molecule has 0 bridgehead atoms. The number of benzene rings is 2. The van der Waals surface area contributed by atoms with Crippen molar-refractivity contribution in [2.24, 2.45) is 11.8 Å². The lowest BCUT2D eigenvalue weighted by molar-refractivity contribution is -0.121. The second-order valence-electron chi connectivity index (χ2n) is 9.52. The van der Waals surface area contributed by atoms with Crippen molar-refractivity contribution in [1.82, 2.24) is 4.31 Å². The molecule has 2 aromatic carbocycles. The molecular formula is C25H28FN3O4S. The minimum atomic E-state index is -3.79. The maximum Gasteiger partial charge on any atom is 0.243 e. The second-order valence-corrected chi connectivity index (χ2v) is 11.5. The summed E-state index contributed by atoms with van der Waals surface area (Å²) in [6.07, 6.45) is 3.63.